The molecule has 0 rings (SSSR count). The first-order valence-electron chi connectivity index (χ1n) is 4.55. The average molecular weight is 160 g/mol. The summed E-state index contributed by atoms with van der Waals surface area (Å²) in [5.41, 5.74) is 0. The predicted octanol–water partition coefficient (Wildman–Crippen LogP) is 3.47. The summed E-state index contributed by atoms with van der Waals surface area (Å²) in [6, 6.07) is 0. The lowest BCUT2D eigenvalue weighted by atomic mass is 9.96. The van der Waals surface area contributed by atoms with Gasteiger partial charge in [-0.15, -0.1) is 9.24 Å². The maximum absolute atomic E-state index is 2.80. The Morgan fingerprint density at radius 3 is 2.30 bits per heavy atom. The van der Waals surface area contributed by atoms with Gasteiger partial charge in [0, 0.05) is 0 Å². The van der Waals surface area contributed by atoms with Crippen LogP contribution in [0.5, 0.6) is 0 Å². The summed E-state index contributed by atoms with van der Waals surface area (Å²) < 4.78 is 0. The molecular formula is C9H21P. The number of hydrogen-bond acceptors (Lipinski definition) is 0. The molecule has 0 saturated carbocycles. The zero-order valence-corrected chi connectivity index (χ0v) is 8.55. The summed E-state index contributed by atoms with van der Waals surface area (Å²) in [6.07, 6.45) is 8.27. The molecule has 0 aliphatic rings. The van der Waals surface area contributed by atoms with E-state index in [1.54, 1.807) is 0 Å². The third-order valence-electron chi connectivity index (χ3n) is 2.09. The Bertz CT molecular complexity index is 61.7. The lowest BCUT2D eigenvalue weighted by Crippen LogP contribution is -1.97. The van der Waals surface area contributed by atoms with Gasteiger partial charge in [0.2, 0.25) is 0 Å². The van der Waals surface area contributed by atoms with E-state index in [1.165, 1.54) is 38.3 Å². The zero-order chi connectivity index (χ0) is 7.82. The molecule has 0 aromatic rings. The summed E-state index contributed by atoms with van der Waals surface area (Å²) >= 11 is 0. The van der Waals surface area contributed by atoms with Gasteiger partial charge in [-0.25, -0.2) is 0 Å². The van der Waals surface area contributed by atoms with Crippen LogP contribution in [0.3, 0.4) is 0 Å². The van der Waals surface area contributed by atoms with Crippen molar-refractivity contribution >= 4 is 9.24 Å². The van der Waals surface area contributed by atoms with Crippen molar-refractivity contribution < 1.29 is 0 Å². The highest BCUT2D eigenvalue weighted by Gasteiger charge is 2.02. The highest BCUT2D eigenvalue weighted by molar-refractivity contribution is 7.16. The topological polar surface area (TPSA) is 0 Å². The van der Waals surface area contributed by atoms with Crippen molar-refractivity contribution in [2.75, 3.05) is 6.16 Å². The summed E-state index contributed by atoms with van der Waals surface area (Å²) in [6.45, 7) is 4.59. The lowest BCUT2D eigenvalue weighted by molar-refractivity contribution is 0.429. The standard InChI is InChI=1S/C9H21P/c1-3-6-9(4-2)7-5-8-10/h9H,3-8,10H2,1-2H3. The molecule has 2 atom stereocenters. The first-order valence-corrected chi connectivity index (χ1v) is 5.36. The Balaban J connectivity index is 3.21. The SMILES string of the molecule is CCCC(CC)CCCP. The molecule has 2 unspecified atom stereocenters. The van der Waals surface area contributed by atoms with Crippen molar-refractivity contribution in [2.45, 2.75) is 46.0 Å². The smallest absolute Gasteiger partial charge is 0.0381 e. The van der Waals surface area contributed by atoms with Crippen LogP contribution in [0.1, 0.15) is 46.0 Å². The van der Waals surface area contributed by atoms with Gasteiger partial charge in [-0.05, 0) is 18.5 Å². The van der Waals surface area contributed by atoms with Crippen LogP contribution in [0.15, 0.2) is 0 Å². The van der Waals surface area contributed by atoms with Crippen molar-refractivity contribution in [3.63, 3.8) is 0 Å². The third-order valence-corrected chi connectivity index (χ3v) is 2.50. The van der Waals surface area contributed by atoms with Crippen LogP contribution in [-0.4, -0.2) is 6.16 Å². The van der Waals surface area contributed by atoms with Crippen LogP contribution in [0.2, 0.25) is 0 Å². The highest BCUT2D eigenvalue weighted by atomic mass is 31.0. The van der Waals surface area contributed by atoms with Crippen molar-refractivity contribution in [1.82, 2.24) is 0 Å². The normalized spacial score (nSPS) is 13.5. The molecule has 0 aliphatic heterocycles. The largest absolute Gasteiger partial charge is 0.138 e. The molecule has 0 nitrogen and oxygen atoms in total. The fourth-order valence-corrected chi connectivity index (χ4v) is 1.60. The molecular weight excluding hydrogens is 139 g/mol. The van der Waals surface area contributed by atoms with Crippen LogP contribution in [0.4, 0.5) is 0 Å². The van der Waals surface area contributed by atoms with Crippen LogP contribution in [0.25, 0.3) is 0 Å². The second kappa shape index (κ2) is 7.54. The van der Waals surface area contributed by atoms with E-state index in [9.17, 15) is 0 Å². The Morgan fingerprint density at radius 1 is 1.20 bits per heavy atom. The minimum Gasteiger partial charge on any atom is -0.138 e. The van der Waals surface area contributed by atoms with E-state index in [0.29, 0.717) is 0 Å². The highest BCUT2D eigenvalue weighted by Crippen LogP contribution is 2.17. The van der Waals surface area contributed by atoms with Gasteiger partial charge in [-0.3, -0.25) is 0 Å². The molecule has 0 bridgehead atoms. The summed E-state index contributed by atoms with van der Waals surface area (Å²) in [5.74, 6) is 1.01. The van der Waals surface area contributed by atoms with Crippen molar-refractivity contribution in [3.05, 3.63) is 0 Å². The van der Waals surface area contributed by atoms with Crippen LogP contribution in [-0.2, 0) is 0 Å². The number of hydrogen-bond donors (Lipinski definition) is 0. The van der Waals surface area contributed by atoms with Gasteiger partial charge in [-0.2, -0.15) is 0 Å². The molecule has 0 saturated heterocycles. The minimum atomic E-state index is 1.01. The quantitative estimate of drug-likeness (QED) is 0.522. The van der Waals surface area contributed by atoms with Crippen LogP contribution < -0.4 is 0 Å². The first-order chi connectivity index (χ1) is 4.85. The van der Waals surface area contributed by atoms with E-state index in [0.717, 1.165) is 5.92 Å². The Morgan fingerprint density at radius 2 is 1.90 bits per heavy atom. The lowest BCUT2D eigenvalue weighted by Gasteiger charge is -2.11. The molecule has 0 N–H and O–H groups in total. The molecule has 1 heteroatoms. The minimum absolute atomic E-state index is 1.01. The summed E-state index contributed by atoms with van der Waals surface area (Å²) in [5, 5.41) is 0. The Hall–Kier alpha value is 0.430. The molecule has 0 heterocycles. The van der Waals surface area contributed by atoms with Crippen molar-refractivity contribution in [1.29, 1.82) is 0 Å². The second-order valence-corrected chi connectivity index (χ2v) is 3.57. The van der Waals surface area contributed by atoms with E-state index in [2.05, 4.69) is 23.1 Å². The molecule has 0 aliphatic carbocycles. The van der Waals surface area contributed by atoms with E-state index in [1.807, 2.05) is 0 Å². The molecule has 0 aromatic heterocycles. The van der Waals surface area contributed by atoms with Crippen molar-refractivity contribution in [3.8, 4) is 0 Å². The third kappa shape index (κ3) is 5.23. The van der Waals surface area contributed by atoms with E-state index >= 15 is 0 Å². The van der Waals surface area contributed by atoms with Gasteiger partial charge in [0.1, 0.15) is 0 Å². The van der Waals surface area contributed by atoms with Gasteiger partial charge in [0.05, 0.1) is 0 Å². The van der Waals surface area contributed by atoms with Crippen LogP contribution >= 0.6 is 9.24 Å². The Kier molecular flexibility index (Phi) is 7.86. The Labute approximate surface area is 68.0 Å². The fraction of sp³-hybridized carbons (Fsp3) is 1.00. The van der Waals surface area contributed by atoms with Gasteiger partial charge < -0.3 is 0 Å². The summed E-state index contributed by atoms with van der Waals surface area (Å²) in [7, 11) is 2.80. The van der Waals surface area contributed by atoms with Gasteiger partial charge in [-0.1, -0.05) is 39.5 Å². The first kappa shape index (κ1) is 10.4. The van der Waals surface area contributed by atoms with Crippen LogP contribution in [0, 0.1) is 5.92 Å². The predicted molar refractivity (Wildman–Crippen MR) is 52.5 cm³/mol. The molecule has 62 valence electrons. The van der Waals surface area contributed by atoms with E-state index in [4.69, 9.17) is 0 Å². The fourth-order valence-electron chi connectivity index (χ4n) is 1.37. The second-order valence-electron chi connectivity index (χ2n) is 2.99. The average Bonchev–Trinajstić information content (AvgIpc) is 1.98. The molecule has 0 aromatic carbocycles. The summed E-state index contributed by atoms with van der Waals surface area (Å²) in [4.78, 5) is 0. The van der Waals surface area contributed by atoms with Gasteiger partial charge in [0.25, 0.3) is 0 Å². The van der Waals surface area contributed by atoms with E-state index < -0.39 is 0 Å². The molecule has 0 amide bonds. The van der Waals surface area contributed by atoms with Gasteiger partial charge >= 0.3 is 0 Å². The monoisotopic (exact) mass is 160 g/mol. The molecule has 0 spiro atoms. The molecule has 0 fully saturated rings. The molecule has 0 radical (unpaired) electrons. The maximum Gasteiger partial charge on any atom is -0.0381 e. The van der Waals surface area contributed by atoms with E-state index in [-0.39, 0.29) is 0 Å². The zero-order valence-electron chi connectivity index (χ0n) is 7.40. The van der Waals surface area contributed by atoms with Gasteiger partial charge in [0.15, 0.2) is 0 Å². The maximum atomic E-state index is 2.80. The number of rotatable bonds is 6. The van der Waals surface area contributed by atoms with Crippen molar-refractivity contribution in [2.24, 2.45) is 5.92 Å². The molecule has 10 heavy (non-hydrogen) atoms.